The van der Waals surface area contributed by atoms with Gasteiger partial charge in [0.05, 0.1) is 19.2 Å². The van der Waals surface area contributed by atoms with Gasteiger partial charge in [-0.15, -0.1) is 0 Å². The van der Waals surface area contributed by atoms with Crippen LogP contribution in [0.4, 0.5) is 0 Å². The molecule has 1 atom stereocenters. The smallest absolute Gasteiger partial charge is 0.319 e. The van der Waals surface area contributed by atoms with Gasteiger partial charge in [-0.3, -0.25) is 24.2 Å². The zero-order valence-corrected chi connectivity index (χ0v) is 15.0. The summed E-state index contributed by atoms with van der Waals surface area (Å²) in [6.07, 6.45) is -0.697. The lowest BCUT2D eigenvalue weighted by Gasteiger charge is -2.39. The first kappa shape index (κ1) is 22.3. The van der Waals surface area contributed by atoms with Gasteiger partial charge in [0.1, 0.15) is 6.54 Å². The molecular formula is C15H28N4O7. The highest BCUT2D eigenvalue weighted by atomic mass is 16.4. The molecule has 0 aromatic carbocycles. The Morgan fingerprint density at radius 2 is 1.12 bits per heavy atom. The van der Waals surface area contributed by atoms with Crippen molar-refractivity contribution in [3.8, 4) is 0 Å². The van der Waals surface area contributed by atoms with Crippen LogP contribution in [0.5, 0.6) is 0 Å². The van der Waals surface area contributed by atoms with Crippen molar-refractivity contribution in [3.05, 3.63) is 0 Å². The van der Waals surface area contributed by atoms with E-state index in [2.05, 4.69) is 0 Å². The van der Waals surface area contributed by atoms with Crippen molar-refractivity contribution in [2.45, 2.75) is 13.0 Å². The maximum absolute atomic E-state index is 11.2. The molecule has 0 aliphatic carbocycles. The Balaban J connectivity index is 2.96. The highest BCUT2D eigenvalue weighted by molar-refractivity contribution is 5.69. The molecule has 1 rings (SSSR count). The number of aliphatic hydroxyl groups is 1. The monoisotopic (exact) mass is 376 g/mol. The minimum absolute atomic E-state index is 0.192. The van der Waals surface area contributed by atoms with Crippen molar-refractivity contribution < 1.29 is 34.8 Å². The predicted molar refractivity (Wildman–Crippen MR) is 90.6 cm³/mol. The first-order valence-electron chi connectivity index (χ1n) is 8.45. The average molecular weight is 376 g/mol. The summed E-state index contributed by atoms with van der Waals surface area (Å²) in [4.78, 5) is 36.6. The summed E-state index contributed by atoms with van der Waals surface area (Å²) in [5.41, 5.74) is 0. The van der Waals surface area contributed by atoms with E-state index in [4.69, 9.17) is 15.3 Å². The molecule has 0 aromatic rings. The van der Waals surface area contributed by atoms with Gasteiger partial charge < -0.3 is 20.4 Å². The number of carboxylic acids is 3. The maximum Gasteiger partial charge on any atom is 0.319 e. The third-order valence-corrected chi connectivity index (χ3v) is 3.99. The van der Waals surface area contributed by atoms with Gasteiger partial charge in [0.15, 0.2) is 0 Å². The maximum atomic E-state index is 11.2. The molecule has 4 N–H and O–H groups in total. The second-order valence-electron chi connectivity index (χ2n) is 6.38. The normalized spacial score (nSPS) is 20.5. The SMILES string of the molecule is CC(O)CN1CCN(CC(=O)O)CCN(CC(=O)O)CCN1CC(=O)O. The van der Waals surface area contributed by atoms with E-state index in [9.17, 15) is 19.5 Å². The van der Waals surface area contributed by atoms with E-state index in [1.165, 1.54) is 0 Å². The number of carboxylic acid groups (broad SMARTS) is 3. The molecule has 1 fully saturated rings. The molecule has 150 valence electrons. The first-order chi connectivity index (χ1) is 12.2. The zero-order chi connectivity index (χ0) is 19.7. The molecule has 11 heteroatoms. The van der Waals surface area contributed by atoms with E-state index in [1.54, 1.807) is 26.7 Å². The van der Waals surface area contributed by atoms with Crippen molar-refractivity contribution in [2.75, 3.05) is 65.4 Å². The Kier molecular flexibility index (Phi) is 9.44. The van der Waals surface area contributed by atoms with Crippen molar-refractivity contribution in [1.29, 1.82) is 0 Å². The molecule has 0 bridgehead atoms. The lowest BCUT2D eigenvalue weighted by atomic mass is 10.3. The molecule has 26 heavy (non-hydrogen) atoms. The summed E-state index contributed by atoms with van der Waals surface area (Å²) in [7, 11) is 0. The van der Waals surface area contributed by atoms with Crippen LogP contribution in [-0.4, -0.2) is 130 Å². The molecule has 0 radical (unpaired) electrons. The predicted octanol–water partition coefficient (Wildman–Crippen LogP) is -2.24. The fourth-order valence-electron chi connectivity index (χ4n) is 2.85. The van der Waals surface area contributed by atoms with E-state index in [-0.39, 0.29) is 26.2 Å². The number of aliphatic carboxylic acids is 3. The third kappa shape index (κ3) is 9.06. The fourth-order valence-corrected chi connectivity index (χ4v) is 2.85. The van der Waals surface area contributed by atoms with Gasteiger partial charge in [0.2, 0.25) is 0 Å². The van der Waals surface area contributed by atoms with Gasteiger partial charge in [-0.2, -0.15) is 0 Å². The molecule has 1 aliphatic rings. The molecule has 0 spiro atoms. The van der Waals surface area contributed by atoms with Crippen molar-refractivity contribution >= 4 is 17.9 Å². The molecule has 0 saturated carbocycles. The summed E-state index contributed by atoms with van der Waals surface area (Å²) in [5, 5.41) is 40.2. The quantitative estimate of drug-likeness (QED) is 0.365. The Morgan fingerprint density at radius 1 is 0.731 bits per heavy atom. The van der Waals surface area contributed by atoms with Gasteiger partial charge >= 0.3 is 17.9 Å². The minimum Gasteiger partial charge on any atom is -0.480 e. The lowest BCUT2D eigenvalue weighted by molar-refractivity contribution is -0.147. The molecular weight excluding hydrogens is 348 g/mol. The van der Waals surface area contributed by atoms with E-state index in [0.717, 1.165) is 0 Å². The number of carbonyl (C=O) groups is 3. The van der Waals surface area contributed by atoms with Crippen LogP contribution in [0.15, 0.2) is 0 Å². The summed E-state index contributed by atoms with van der Waals surface area (Å²) >= 11 is 0. The largest absolute Gasteiger partial charge is 0.480 e. The number of rotatable bonds is 8. The Bertz CT molecular complexity index is 489. The summed E-state index contributed by atoms with van der Waals surface area (Å²) < 4.78 is 0. The van der Waals surface area contributed by atoms with Gasteiger partial charge in [-0.25, -0.2) is 10.0 Å². The fraction of sp³-hybridized carbons (Fsp3) is 0.800. The zero-order valence-electron chi connectivity index (χ0n) is 15.0. The Morgan fingerprint density at radius 3 is 1.50 bits per heavy atom. The van der Waals surface area contributed by atoms with Crippen LogP contribution in [0.3, 0.4) is 0 Å². The molecule has 0 aromatic heterocycles. The van der Waals surface area contributed by atoms with Crippen LogP contribution < -0.4 is 0 Å². The number of aliphatic hydroxyl groups excluding tert-OH is 1. The van der Waals surface area contributed by atoms with Crippen LogP contribution in [-0.2, 0) is 14.4 Å². The van der Waals surface area contributed by atoms with Gasteiger partial charge in [0, 0.05) is 45.8 Å². The van der Waals surface area contributed by atoms with Crippen molar-refractivity contribution in [3.63, 3.8) is 0 Å². The van der Waals surface area contributed by atoms with Crippen LogP contribution >= 0.6 is 0 Å². The molecule has 11 nitrogen and oxygen atoms in total. The van der Waals surface area contributed by atoms with E-state index >= 15 is 0 Å². The summed E-state index contributed by atoms with van der Waals surface area (Å²) in [6, 6.07) is 0. The Labute approximate surface area is 152 Å². The summed E-state index contributed by atoms with van der Waals surface area (Å²) in [5.74, 6) is -3.03. The van der Waals surface area contributed by atoms with Crippen LogP contribution in [0.2, 0.25) is 0 Å². The van der Waals surface area contributed by atoms with Crippen LogP contribution in [0.1, 0.15) is 6.92 Å². The standard InChI is InChI=1S/C15H28N4O7/c1-12(20)8-18-6-4-16(9-13(21)22)2-3-17(10-14(23)24)5-7-19(18)11-15(25)26/h12,20H,2-11H2,1H3,(H,21,22)(H,23,24)(H,25,26). The molecule has 1 unspecified atom stereocenters. The third-order valence-electron chi connectivity index (χ3n) is 3.99. The van der Waals surface area contributed by atoms with Gasteiger partial charge in [0.25, 0.3) is 0 Å². The number of hydrogen-bond acceptors (Lipinski definition) is 8. The highest BCUT2D eigenvalue weighted by Gasteiger charge is 2.24. The van der Waals surface area contributed by atoms with Crippen LogP contribution in [0.25, 0.3) is 0 Å². The van der Waals surface area contributed by atoms with Crippen molar-refractivity contribution in [1.82, 2.24) is 19.8 Å². The second-order valence-corrected chi connectivity index (χ2v) is 6.38. The molecule has 1 saturated heterocycles. The van der Waals surface area contributed by atoms with Crippen molar-refractivity contribution in [2.24, 2.45) is 0 Å². The van der Waals surface area contributed by atoms with E-state index in [1.807, 2.05) is 0 Å². The van der Waals surface area contributed by atoms with E-state index < -0.39 is 24.0 Å². The Hall–Kier alpha value is -1.79. The van der Waals surface area contributed by atoms with Gasteiger partial charge in [-0.05, 0) is 6.92 Å². The highest BCUT2D eigenvalue weighted by Crippen LogP contribution is 2.06. The van der Waals surface area contributed by atoms with Gasteiger partial charge in [-0.1, -0.05) is 0 Å². The molecule has 1 aliphatic heterocycles. The number of nitrogens with zero attached hydrogens (tertiary/aromatic N) is 4. The second kappa shape index (κ2) is 11.0. The topological polar surface area (TPSA) is 145 Å². The minimum atomic E-state index is -1.04. The van der Waals surface area contributed by atoms with Crippen LogP contribution in [0, 0.1) is 0 Å². The summed E-state index contributed by atoms with van der Waals surface area (Å²) in [6.45, 7) is 3.20. The number of hydrazine groups is 1. The first-order valence-corrected chi connectivity index (χ1v) is 8.45. The molecule has 0 amide bonds. The number of β-amino-alcohol motifs (C(OH)–C–C–N with tert-alkyl or cyclic N) is 1. The lowest BCUT2D eigenvalue weighted by Crippen LogP contribution is -2.55. The molecule has 1 heterocycles. The van der Waals surface area contributed by atoms with E-state index in [0.29, 0.717) is 39.3 Å². The average Bonchev–Trinajstić information content (AvgIpc) is 2.49. The number of hydrogen-bond donors (Lipinski definition) is 4.